The van der Waals surface area contributed by atoms with Gasteiger partial charge in [-0.1, -0.05) is 30.3 Å². The summed E-state index contributed by atoms with van der Waals surface area (Å²) in [4.78, 5) is 12.1. The van der Waals surface area contributed by atoms with Gasteiger partial charge in [0.1, 0.15) is 5.65 Å². The van der Waals surface area contributed by atoms with Crippen molar-refractivity contribution in [2.75, 3.05) is 5.32 Å². The number of H-pyrrole nitrogens is 1. The predicted octanol–water partition coefficient (Wildman–Crippen LogP) is 3.19. The number of rotatable bonds is 3. The van der Waals surface area contributed by atoms with Gasteiger partial charge in [0, 0.05) is 23.8 Å². The maximum absolute atomic E-state index is 4.49. The van der Waals surface area contributed by atoms with E-state index < -0.39 is 0 Å². The number of aryl methyl sites for hydroxylation is 2. The molecule has 0 fully saturated rings. The van der Waals surface area contributed by atoms with Gasteiger partial charge in [-0.05, 0) is 25.0 Å². The summed E-state index contributed by atoms with van der Waals surface area (Å²) in [5, 5.41) is 4.33. The number of benzene rings is 1. The van der Waals surface area contributed by atoms with Crippen molar-refractivity contribution in [3.8, 4) is 0 Å². The Morgan fingerprint density at radius 1 is 1.16 bits per heavy atom. The summed E-state index contributed by atoms with van der Waals surface area (Å²) < 4.78 is 0. The number of aromatic amines is 1. The highest BCUT2D eigenvalue weighted by Crippen LogP contribution is 2.19. The fourth-order valence-electron chi connectivity index (χ4n) is 2.09. The monoisotopic (exact) mass is 252 g/mol. The molecule has 0 atom stereocenters. The van der Waals surface area contributed by atoms with Crippen LogP contribution in [-0.4, -0.2) is 15.0 Å². The molecule has 0 radical (unpaired) electrons. The Balaban J connectivity index is 1.82. The van der Waals surface area contributed by atoms with Crippen LogP contribution in [0.5, 0.6) is 0 Å². The van der Waals surface area contributed by atoms with Crippen LogP contribution in [0.25, 0.3) is 11.0 Å². The van der Waals surface area contributed by atoms with Crippen LogP contribution in [0.4, 0.5) is 5.95 Å². The Hall–Kier alpha value is -2.36. The highest BCUT2D eigenvalue weighted by atomic mass is 15.1. The van der Waals surface area contributed by atoms with E-state index in [2.05, 4.69) is 39.3 Å². The van der Waals surface area contributed by atoms with Crippen LogP contribution in [0.2, 0.25) is 0 Å². The maximum atomic E-state index is 4.49. The fourth-order valence-corrected chi connectivity index (χ4v) is 2.09. The van der Waals surface area contributed by atoms with Gasteiger partial charge in [-0.2, -0.15) is 4.98 Å². The number of hydrogen-bond donors (Lipinski definition) is 2. The summed E-state index contributed by atoms with van der Waals surface area (Å²) in [5.74, 6) is 0.651. The van der Waals surface area contributed by atoms with Gasteiger partial charge in [-0.15, -0.1) is 0 Å². The SMILES string of the molecule is Cc1[nH]c2nc(NCc3ccccc3)ncc2c1C. The van der Waals surface area contributed by atoms with Gasteiger partial charge in [0.15, 0.2) is 0 Å². The quantitative estimate of drug-likeness (QED) is 0.752. The minimum atomic E-state index is 0.651. The van der Waals surface area contributed by atoms with Gasteiger partial charge < -0.3 is 10.3 Å². The number of aromatic nitrogens is 3. The van der Waals surface area contributed by atoms with E-state index in [1.807, 2.05) is 31.3 Å². The molecule has 0 aliphatic heterocycles. The average Bonchev–Trinajstić information content (AvgIpc) is 2.73. The number of nitrogens with zero attached hydrogens (tertiary/aromatic N) is 2. The molecule has 96 valence electrons. The zero-order valence-electron chi connectivity index (χ0n) is 11.1. The van der Waals surface area contributed by atoms with Gasteiger partial charge in [-0.25, -0.2) is 4.98 Å². The lowest BCUT2D eigenvalue weighted by Crippen LogP contribution is -2.03. The van der Waals surface area contributed by atoms with E-state index in [0.717, 1.165) is 23.3 Å². The molecule has 19 heavy (non-hydrogen) atoms. The molecule has 4 nitrogen and oxygen atoms in total. The Bertz CT molecular complexity index is 701. The van der Waals surface area contributed by atoms with Crippen LogP contribution in [0.3, 0.4) is 0 Å². The molecular weight excluding hydrogens is 236 g/mol. The van der Waals surface area contributed by atoms with Crippen LogP contribution < -0.4 is 5.32 Å². The number of fused-ring (bicyclic) bond motifs is 1. The molecule has 0 bridgehead atoms. The van der Waals surface area contributed by atoms with Gasteiger partial charge in [0.25, 0.3) is 0 Å². The topological polar surface area (TPSA) is 53.6 Å². The molecule has 0 aliphatic rings. The highest BCUT2D eigenvalue weighted by Gasteiger charge is 2.06. The number of anilines is 1. The zero-order chi connectivity index (χ0) is 13.2. The standard InChI is InChI=1S/C15H16N4/c1-10-11(2)18-14-13(10)9-17-15(19-14)16-8-12-6-4-3-5-7-12/h3-7,9H,8H2,1-2H3,(H2,16,17,18,19). The molecule has 1 aromatic carbocycles. The molecular formula is C15H16N4. The first-order chi connectivity index (χ1) is 9.24. The smallest absolute Gasteiger partial charge is 0.224 e. The van der Waals surface area contributed by atoms with Crippen LogP contribution >= 0.6 is 0 Å². The second-order valence-corrected chi connectivity index (χ2v) is 4.67. The van der Waals surface area contributed by atoms with Crippen LogP contribution in [0.15, 0.2) is 36.5 Å². The third-order valence-electron chi connectivity index (χ3n) is 3.35. The molecule has 0 unspecified atom stereocenters. The molecule has 0 aliphatic carbocycles. The average molecular weight is 252 g/mol. The Kier molecular flexibility index (Phi) is 2.91. The van der Waals surface area contributed by atoms with Crippen molar-refractivity contribution in [1.29, 1.82) is 0 Å². The van der Waals surface area contributed by atoms with Crippen molar-refractivity contribution in [3.63, 3.8) is 0 Å². The normalized spacial score (nSPS) is 10.8. The van der Waals surface area contributed by atoms with E-state index >= 15 is 0 Å². The summed E-state index contributed by atoms with van der Waals surface area (Å²) in [5.41, 5.74) is 4.46. The van der Waals surface area contributed by atoms with Gasteiger partial charge in [-0.3, -0.25) is 0 Å². The van der Waals surface area contributed by atoms with E-state index in [1.165, 1.54) is 11.1 Å². The van der Waals surface area contributed by atoms with Crippen LogP contribution in [0, 0.1) is 13.8 Å². The van der Waals surface area contributed by atoms with Crippen molar-refractivity contribution >= 4 is 17.0 Å². The van der Waals surface area contributed by atoms with Crippen LogP contribution in [0.1, 0.15) is 16.8 Å². The third kappa shape index (κ3) is 2.29. The molecule has 3 aromatic rings. The Morgan fingerprint density at radius 2 is 1.95 bits per heavy atom. The second kappa shape index (κ2) is 4.72. The second-order valence-electron chi connectivity index (χ2n) is 4.67. The first-order valence-electron chi connectivity index (χ1n) is 6.34. The lowest BCUT2D eigenvalue weighted by Gasteiger charge is -2.04. The van der Waals surface area contributed by atoms with Crippen molar-refractivity contribution in [2.24, 2.45) is 0 Å². The largest absolute Gasteiger partial charge is 0.350 e. The van der Waals surface area contributed by atoms with E-state index in [-0.39, 0.29) is 0 Å². The summed E-state index contributed by atoms with van der Waals surface area (Å²) >= 11 is 0. The Labute approximate surface area is 111 Å². The fraction of sp³-hybridized carbons (Fsp3) is 0.200. The first-order valence-corrected chi connectivity index (χ1v) is 6.34. The van der Waals surface area contributed by atoms with Crippen molar-refractivity contribution in [2.45, 2.75) is 20.4 Å². The Morgan fingerprint density at radius 3 is 2.74 bits per heavy atom. The maximum Gasteiger partial charge on any atom is 0.224 e. The summed E-state index contributed by atoms with van der Waals surface area (Å²) in [6.07, 6.45) is 1.87. The molecule has 2 heterocycles. The van der Waals surface area contributed by atoms with Crippen LogP contribution in [-0.2, 0) is 6.54 Å². The minimum absolute atomic E-state index is 0.651. The predicted molar refractivity (Wildman–Crippen MR) is 77.1 cm³/mol. The van der Waals surface area contributed by atoms with Gasteiger partial charge in [0.05, 0.1) is 0 Å². The minimum Gasteiger partial charge on any atom is -0.350 e. The zero-order valence-corrected chi connectivity index (χ0v) is 11.1. The molecule has 0 amide bonds. The van der Waals surface area contributed by atoms with Crippen molar-refractivity contribution in [1.82, 2.24) is 15.0 Å². The van der Waals surface area contributed by atoms with Crippen molar-refractivity contribution < 1.29 is 0 Å². The molecule has 3 rings (SSSR count). The van der Waals surface area contributed by atoms with Crippen molar-refractivity contribution in [3.05, 3.63) is 53.3 Å². The summed E-state index contributed by atoms with van der Waals surface area (Å²) in [6, 6.07) is 10.2. The number of nitrogens with one attached hydrogen (secondary N) is 2. The molecule has 4 heteroatoms. The third-order valence-corrected chi connectivity index (χ3v) is 3.35. The summed E-state index contributed by atoms with van der Waals surface area (Å²) in [6.45, 7) is 4.85. The molecule has 2 N–H and O–H groups in total. The van der Waals surface area contributed by atoms with Gasteiger partial charge in [0.2, 0.25) is 5.95 Å². The number of hydrogen-bond acceptors (Lipinski definition) is 3. The molecule has 0 saturated carbocycles. The van der Waals surface area contributed by atoms with Gasteiger partial charge >= 0.3 is 0 Å². The lowest BCUT2D eigenvalue weighted by atomic mass is 10.2. The van der Waals surface area contributed by atoms with E-state index in [4.69, 9.17) is 0 Å². The lowest BCUT2D eigenvalue weighted by molar-refractivity contribution is 1.07. The summed E-state index contributed by atoms with van der Waals surface area (Å²) in [7, 11) is 0. The van der Waals surface area contributed by atoms with E-state index in [1.54, 1.807) is 0 Å². The molecule has 0 spiro atoms. The molecule has 2 aromatic heterocycles. The molecule has 0 saturated heterocycles. The highest BCUT2D eigenvalue weighted by molar-refractivity contribution is 5.80. The van der Waals surface area contributed by atoms with E-state index in [9.17, 15) is 0 Å². The van der Waals surface area contributed by atoms with E-state index in [0.29, 0.717) is 5.95 Å². The first kappa shape index (κ1) is 11.7.